The molecule has 1 N–H and O–H groups in total. The standard InChI is InChI=1S/C25H19N3O3/c1-16(30-22-8-4-6-17-5-2-3-7-20(17)22)24(29)27-19-9-10-23-21(15-19)28-25(31-23)18-11-13-26-14-12-18/h2-16H,1H3,(H,27,29)/t16-/m1/s1. The summed E-state index contributed by atoms with van der Waals surface area (Å²) in [6.07, 6.45) is 2.70. The number of amides is 1. The molecule has 6 nitrogen and oxygen atoms in total. The van der Waals surface area contributed by atoms with Crippen molar-refractivity contribution >= 4 is 33.5 Å². The van der Waals surface area contributed by atoms with Gasteiger partial charge in [0.15, 0.2) is 11.7 Å². The summed E-state index contributed by atoms with van der Waals surface area (Å²) in [7, 11) is 0. The Bertz CT molecular complexity index is 1370. The van der Waals surface area contributed by atoms with Gasteiger partial charge in [0.25, 0.3) is 5.91 Å². The first-order valence-corrected chi connectivity index (χ1v) is 9.94. The molecule has 2 aromatic heterocycles. The van der Waals surface area contributed by atoms with Gasteiger partial charge in [-0.1, -0.05) is 36.4 Å². The first kappa shape index (κ1) is 18.8. The Morgan fingerprint density at radius 2 is 1.81 bits per heavy atom. The Morgan fingerprint density at radius 3 is 2.68 bits per heavy atom. The summed E-state index contributed by atoms with van der Waals surface area (Å²) in [6.45, 7) is 1.73. The van der Waals surface area contributed by atoms with E-state index in [2.05, 4.69) is 15.3 Å². The average Bonchev–Trinajstić information content (AvgIpc) is 3.23. The minimum atomic E-state index is -0.675. The second kappa shape index (κ2) is 7.91. The van der Waals surface area contributed by atoms with E-state index in [0.717, 1.165) is 16.3 Å². The van der Waals surface area contributed by atoms with Crippen LogP contribution in [0.1, 0.15) is 6.92 Å². The van der Waals surface area contributed by atoms with Crippen LogP contribution in [-0.4, -0.2) is 22.0 Å². The van der Waals surface area contributed by atoms with Crippen LogP contribution >= 0.6 is 0 Å². The van der Waals surface area contributed by atoms with Gasteiger partial charge in [-0.15, -0.1) is 0 Å². The van der Waals surface area contributed by atoms with Gasteiger partial charge in [-0.2, -0.15) is 0 Å². The zero-order chi connectivity index (χ0) is 21.2. The number of carbonyl (C=O) groups excluding carboxylic acids is 1. The summed E-state index contributed by atoms with van der Waals surface area (Å²) in [5.41, 5.74) is 2.77. The van der Waals surface area contributed by atoms with Crippen LogP contribution < -0.4 is 10.1 Å². The van der Waals surface area contributed by atoms with E-state index < -0.39 is 6.10 Å². The van der Waals surface area contributed by atoms with Crippen LogP contribution in [0.4, 0.5) is 5.69 Å². The van der Waals surface area contributed by atoms with Crippen molar-refractivity contribution in [2.24, 2.45) is 0 Å². The Morgan fingerprint density at radius 1 is 1.00 bits per heavy atom. The molecule has 152 valence electrons. The highest BCUT2D eigenvalue weighted by molar-refractivity contribution is 5.96. The van der Waals surface area contributed by atoms with Gasteiger partial charge >= 0.3 is 0 Å². The van der Waals surface area contributed by atoms with Gasteiger partial charge < -0.3 is 14.5 Å². The molecule has 3 aromatic carbocycles. The fourth-order valence-electron chi connectivity index (χ4n) is 3.41. The van der Waals surface area contributed by atoms with Crippen LogP contribution in [0.5, 0.6) is 5.75 Å². The number of hydrogen-bond donors (Lipinski definition) is 1. The highest BCUT2D eigenvalue weighted by Gasteiger charge is 2.17. The van der Waals surface area contributed by atoms with Gasteiger partial charge in [0.1, 0.15) is 11.3 Å². The number of anilines is 1. The normalized spacial score (nSPS) is 12.0. The van der Waals surface area contributed by atoms with Crippen molar-refractivity contribution in [1.29, 1.82) is 0 Å². The van der Waals surface area contributed by atoms with Crippen molar-refractivity contribution in [3.63, 3.8) is 0 Å². The lowest BCUT2D eigenvalue weighted by Gasteiger charge is -2.16. The van der Waals surface area contributed by atoms with E-state index in [-0.39, 0.29) is 5.91 Å². The zero-order valence-corrected chi connectivity index (χ0v) is 16.8. The third-order valence-electron chi connectivity index (χ3n) is 5.00. The lowest BCUT2D eigenvalue weighted by atomic mass is 10.1. The van der Waals surface area contributed by atoms with Crippen LogP contribution in [0.3, 0.4) is 0 Å². The van der Waals surface area contributed by atoms with Gasteiger partial charge in [0.2, 0.25) is 5.89 Å². The molecule has 0 aliphatic rings. The van der Waals surface area contributed by atoms with Crippen LogP contribution in [0.2, 0.25) is 0 Å². The molecule has 5 rings (SSSR count). The topological polar surface area (TPSA) is 77.2 Å². The maximum Gasteiger partial charge on any atom is 0.265 e. The molecule has 1 atom stereocenters. The molecule has 0 saturated carbocycles. The lowest BCUT2D eigenvalue weighted by molar-refractivity contribution is -0.122. The van der Waals surface area contributed by atoms with E-state index in [1.54, 1.807) is 37.5 Å². The summed E-state index contributed by atoms with van der Waals surface area (Å²) in [4.78, 5) is 21.3. The van der Waals surface area contributed by atoms with E-state index in [4.69, 9.17) is 9.15 Å². The monoisotopic (exact) mass is 409 g/mol. The van der Waals surface area contributed by atoms with Gasteiger partial charge in [-0.05, 0) is 48.7 Å². The van der Waals surface area contributed by atoms with Crippen molar-refractivity contribution in [1.82, 2.24) is 9.97 Å². The number of nitrogens with zero attached hydrogens (tertiary/aromatic N) is 2. The Kier molecular flexibility index (Phi) is 4.80. The molecule has 5 aromatic rings. The summed E-state index contributed by atoms with van der Waals surface area (Å²) < 4.78 is 11.8. The van der Waals surface area contributed by atoms with Crippen molar-refractivity contribution in [3.05, 3.63) is 85.2 Å². The van der Waals surface area contributed by atoms with E-state index >= 15 is 0 Å². The first-order valence-electron chi connectivity index (χ1n) is 9.94. The predicted octanol–water partition coefficient (Wildman–Crippen LogP) is 5.45. The van der Waals surface area contributed by atoms with Gasteiger partial charge in [-0.25, -0.2) is 4.98 Å². The second-order valence-corrected chi connectivity index (χ2v) is 7.16. The number of carbonyl (C=O) groups is 1. The number of oxazole rings is 1. The maximum absolute atomic E-state index is 12.7. The number of pyridine rings is 1. The molecule has 0 radical (unpaired) electrons. The number of nitrogens with one attached hydrogen (secondary N) is 1. The number of fused-ring (bicyclic) bond motifs is 2. The highest BCUT2D eigenvalue weighted by Crippen LogP contribution is 2.27. The van der Waals surface area contributed by atoms with E-state index in [9.17, 15) is 4.79 Å². The van der Waals surface area contributed by atoms with Crippen molar-refractivity contribution in [2.45, 2.75) is 13.0 Å². The fraction of sp³-hybridized carbons (Fsp3) is 0.0800. The third-order valence-corrected chi connectivity index (χ3v) is 5.00. The molecular formula is C25H19N3O3. The Hall–Kier alpha value is -4.19. The number of benzene rings is 3. The Labute approximate surface area is 178 Å². The highest BCUT2D eigenvalue weighted by atomic mass is 16.5. The zero-order valence-electron chi connectivity index (χ0n) is 16.8. The molecule has 6 heteroatoms. The van der Waals surface area contributed by atoms with Gasteiger partial charge in [0, 0.05) is 29.0 Å². The van der Waals surface area contributed by atoms with Crippen molar-refractivity contribution in [2.75, 3.05) is 5.32 Å². The van der Waals surface area contributed by atoms with Crippen LogP contribution in [0.25, 0.3) is 33.3 Å². The third kappa shape index (κ3) is 3.83. The van der Waals surface area contributed by atoms with Crippen LogP contribution in [0.15, 0.2) is 89.6 Å². The quantitative estimate of drug-likeness (QED) is 0.418. The van der Waals surface area contributed by atoms with E-state index in [0.29, 0.717) is 28.4 Å². The molecule has 1 amide bonds. The van der Waals surface area contributed by atoms with Crippen LogP contribution in [0, 0.1) is 0 Å². The first-order chi connectivity index (χ1) is 15.2. The minimum absolute atomic E-state index is 0.245. The van der Waals surface area contributed by atoms with Crippen LogP contribution in [-0.2, 0) is 4.79 Å². The molecule has 0 spiro atoms. The smallest absolute Gasteiger partial charge is 0.265 e. The van der Waals surface area contributed by atoms with E-state index in [1.165, 1.54) is 0 Å². The lowest BCUT2D eigenvalue weighted by Crippen LogP contribution is -2.30. The van der Waals surface area contributed by atoms with Gasteiger partial charge in [-0.3, -0.25) is 9.78 Å². The van der Waals surface area contributed by atoms with Gasteiger partial charge in [0.05, 0.1) is 0 Å². The molecule has 31 heavy (non-hydrogen) atoms. The Balaban J connectivity index is 1.33. The molecule has 0 bridgehead atoms. The largest absolute Gasteiger partial charge is 0.480 e. The SMILES string of the molecule is C[C@@H](Oc1cccc2ccccc12)C(=O)Nc1ccc2oc(-c3ccncc3)nc2c1. The molecular weight excluding hydrogens is 390 g/mol. The molecule has 0 saturated heterocycles. The summed E-state index contributed by atoms with van der Waals surface area (Å²) in [5, 5.41) is 4.93. The van der Waals surface area contributed by atoms with Crippen molar-refractivity contribution < 1.29 is 13.9 Å². The number of hydrogen-bond acceptors (Lipinski definition) is 5. The predicted molar refractivity (Wildman–Crippen MR) is 120 cm³/mol. The maximum atomic E-state index is 12.7. The number of ether oxygens (including phenoxy) is 1. The average molecular weight is 409 g/mol. The summed E-state index contributed by atoms with van der Waals surface area (Å²) >= 11 is 0. The molecule has 0 fully saturated rings. The number of rotatable bonds is 5. The molecule has 2 heterocycles. The summed E-state index contributed by atoms with van der Waals surface area (Å²) in [5.74, 6) is 0.938. The molecule has 0 unspecified atom stereocenters. The van der Waals surface area contributed by atoms with E-state index in [1.807, 2.05) is 54.6 Å². The fourth-order valence-corrected chi connectivity index (χ4v) is 3.41. The summed E-state index contributed by atoms with van der Waals surface area (Å²) in [6, 6.07) is 22.7. The second-order valence-electron chi connectivity index (χ2n) is 7.16. The van der Waals surface area contributed by atoms with Crippen molar-refractivity contribution in [3.8, 4) is 17.2 Å². The minimum Gasteiger partial charge on any atom is -0.480 e. The number of aromatic nitrogens is 2. The molecule has 0 aliphatic heterocycles. The molecule has 0 aliphatic carbocycles.